The number of aryl methyl sites for hydroxylation is 1. The van der Waals surface area contributed by atoms with Gasteiger partial charge in [-0.05, 0) is 25.1 Å². The van der Waals surface area contributed by atoms with Gasteiger partial charge in [-0.3, -0.25) is 20.4 Å². The maximum absolute atomic E-state index is 12.2. The summed E-state index contributed by atoms with van der Waals surface area (Å²) in [6.45, 7) is 1.76. The van der Waals surface area contributed by atoms with Gasteiger partial charge in [-0.15, -0.1) is 11.3 Å². The van der Waals surface area contributed by atoms with Crippen molar-refractivity contribution in [2.24, 2.45) is 0 Å². The molecule has 0 atom stereocenters. The number of hydrazine groups is 1. The average molecular weight is 353 g/mol. The highest BCUT2D eigenvalue weighted by molar-refractivity contribution is 7.17. The van der Waals surface area contributed by atoms with Crippen LogP contribution < -0.4 is 10.9 Å². The normalized spacial score (nSPS) is 10.8. The van der Waals surface area contributed by atoms with E-state index in [-0.39, 0.29) is 0 Å². The number of nitrogens with zero attached hydrogens (tertiary/aromatic N) is 1. The Morgan fingerprint density at radius 3 is 2.64 bits per heavy atom. The van der Waals surface area contributed by atoms with E-state index < -0.39 is 11.8 Å². The number of furan rings is 1. The van der Waals surface area contributed by atoms with Gasteiger partial charge in [0.15, 0.2) is 0 Å². The Balaban J connectivity index is 1.62. The fourth-order valence-electron chi connectivity index (χ4n) is 2.07. The van der Waals surface area contributed by atoms with Gasteiger partial charge >= 0.3 is 0 Å². The molecule has 6 nitrogen and oxygen atoms in total. The summed E-state index contributed by atoms with van der Waals surface area (Å²) < 4.78 is 5.08. The second-order valence-electron chi connectivity index (χ2n) is 5.09. The van der Waals surface area contributed by atoms with Gasteiger partial charge in [-0.1, -0.05) is 30.3 Å². The minimum Gasteiger partial charge on any atom is -0.465 e. The monoisotopic (exact) mass is 353 g/mol. The molecule has 0 saturated carbocycles. The lowest BCUT2D eigenvalue weighted by Gasteiger charge is -2.03. The van der Waals surface area contributed by atoms with Gasteiger partial charge in [0.25, 0.3) is 11.8 Å². The second-order valence-corrected chi connectivity index (χ2v) is 6.09. The maximum atomic E-state index is 12.2. The molecule has 0 fully saturated rings. The molecule has 2 heterocycles. The van der Waals surface area contributed by atoms with Crippen molar-refractivity contribution in [3.05, 3.63) is 71.1 Å². The number of carbonyl (C=O) groups excluding carboxylic acids is 2. The second kappa shape index (κ2) is 7.59. The fourth-order valence-corrected chi connectivity index (χ4v) is 3.04. The fraction of sp³-hybridized carbons (Fsp3) is 0.0556. The Labute approximate surface area is 148 Å². The van der Waals surface area contributed by atoms with Crippen molar-refractivity contribution in [1.82, 2.24) is 15.8 Å². The van der Waals surface area contributed by atoms with Gasteiger partial charge in [0.2, 0.25) is 0 Å². The smallest absolute Gasteiger partial charge is 0.281 e. The third-order valence-corrected chi connectivity index (χ3v) is 4.47. The summed E-state index contributed by atoms with van der Waals surface area (Å²) in [6.07, 6.45) is 4.29. The van der Waals surface area contributed by atoms with Crippen molar-refractivity contribution in [2.75, 3.05) is 0 Å². The van der Waals surface area contributed by atoms with Crippen LogP contribution in [0.1, 0.15) is 21.1 Å². The van der Waals surface area contributed by atoms with Crippen LogP contribution in [0.2, 0.25) is 0 Å². The molecule has 2 N–H and O–H groups in total. The van der Waals surface area contributed by atoms with Crippen LogP contribution in [0.5, 0.6) is 0 Å². The summed E-state index contributed by atoms with van der Waals surface area (Å²) in [5.41, 5.74) is 6.27. The van der Waals surface area contributed by atoms with Crippen LogP contribution in [0.15, 0.2) is 59.2 Å². The lowest BCUT2D eigenvalue weighted by atomic mass is 10.2. The first-order valence-electron chi connectivity index (χ1n) is 7.48. The standard InChI is InChI=1S/C18H15N3O3S/c1-12-16(25-18(19-12)13-6-3-2-4-7-13)17(23)21-20-15(22)10-9-14-8-5-11-24-14/h2-11H,1H3,(H,20,22)(H,21,23)/b10-9+. The number of benzene rings is 1. The van der Waals surface area contributed by atoms with Gasteiger partial charge in [-0.2, -0.15) is 0 Å². The molecular weight excluding hydrogens is 338 g/mol. The predicted octanol–water partition coefficient (Wildman–Crippen LogP) is 3.19. The first kappa shape index (κ1) is 16.7. The average Bonchev–Trinajstić information content (AvgIpc) is 3.28. The third-order valence-electron chi connectivity index (χ3n) is 3.26. The van der Waals surface area contributed by atoms with E-state index in [0.717, 1.165) is 10.6 Å². The number of hydrogen-bond donors (Lipinski definition) is 2. The summed E-state index contributed by atoms with van der Waals surface area (Å²) in [5, 5.41) is 0.757. The molecule has 2 aromatic heterocycles. The summed E-state index contributed by atoms with van der Waals surface area (Å²) in [4.78, 5) is 28.8. The molecule has 3 rings (SSSR count). The van der Waals surface area contributed by atoms with Gasteiger partial charge in [0.05, 0.1) is 12.0 Å². The van der Waals surface area contributed by atoms with Crippen LogP contribution in [0.3, 0.4) is 0 Å². The Kier molecular flexibility index (Phi) is 5.06. The predicted molar refractivity (Wildman–Crippen MR) is 95.6 cm³/mol. The van der Waals surface area contributed by atoms with E-state index >= 15 is 0 Å². The minimum atomic E-state index is -0.463. The first-order valence-corrected chi connectivity index (χ1v) is 8.30. The van der Waals surface area contributed by atoms with Gasteiger partial charge < -0.3 is 4.42 Å². The van der Waals surface area contributed by atoms with E-state index in [4.69, 9.17) is 4.42 Å². The van der Waals surface area contributed by atoms with Crippen LogP contribution in [0, 0.1) is 6.92 Å². The Morgan fingerprint density at radius 2 is 1.92 bits per heavy atom. The van der Waals surface area contributed by atoms with E-state index in [9.17, 15) is 9.59 Å². The van der Waals surface area contributed by atoms with Crippen LogP contribution in [0.25, 0.3) is 16.6 Å². The number of amides is 2. The van der Waals surface area contributed by atoms with E-state index in [1.807, 2.05) is 30.3 Å². The quantitative estimate of drug-likeness (QED) is 0.557. The van der Waals surface area contributed by atoms with E-state index in [0.29, 0.717) is 16.3 Å². The third kappa shape index (κ3) is 4.21. The topological polar surface area (TPSA) is 84.2 Å². The van der Waals surface area contributed by atoms with Crippen molar-refractivity contribution in [2.45, 2.75) is 6.92 Å². The number of carbonyl (C=O) groups is 2. The molecule has 3 aromatic rings. The zero-order valence-electron chi connectivity index (χ0n) is 13.4. The van der Waals surface area contributed by atoms with Crippen LogP contribution in [-0.2, 0) is 4.79 Å². The highest BCUT2D eigenvalue weighted by Gasteiger charge is 2.16. The number of aromatic nitrogens is 1. The minimum absolute atomic E-state index is 0.406. The van der Waals surface area contributed by atoms with Gasteiger partial charge in [-0.25, -0.2) is 4.98 Å². The SMILES string of the molecule is Cc1nc(-c2ccccc2)sc1C(=O)NNC(=O)/C=C/c1ccco1. The lowest BCUT2D eigenvalue weighted by molar-refractivity contribution is -0.117. The molecule has 1 aromatic carbocycles. The molecule has 0 spiro atoms. The molecule has 0 radical (unpaired) electrons. The van der Waals surface area contributed by atoms with Gasteiger partial charge in [0, 0.05) is 11.6 Å². The molecule has 126 valence electrons. The number of rotatable bonds is 4. The Hall–Kier alpha value is -3.19. The molecule has 0 unspecified atom stereocenters. The molecule has 0 aliphatic heterocycles. The van der Waals surface area contributed by atoms with Crippen LogP contribution in [0.4, 0.5) is 0 Å². The lowest BCUT2D eigenvalue weighted by Crippen LogP contribution is -2.40. The molecule has 0 saturated heterocycles. The maximum Gasteiger partial charge on any atom is 0.281 e. The van der Waals surface area contributed by atoms with Crippen LogP contribution in [-0.4, -0.2) is 16.8 Å². The van der Waals surface area contributed by atoms with Crippen molar-refractivity contribution in [1.29, 1.82) is 0 Å². The largest absolute Gasteiger partial charge is 0.465 e. The molecule has 0 bridgehead atoms. The summed E-state index contributed by atoms with van der Waals surface area (Å²) >= 11 is 1.28. The summed E-state index contributed by atoms with van der Waals surface area (Å²) in [7, 11) is 0. The van der Waals surface area contributed by atoms with Crippen molar-refractivity contribution in [3.63, 3.8) is 0 Å². The Morgan fingerprint density at radius 1 is 1.12 bits per heavy atom. The molecule has 0 aliphatic carbocycles. The molecular formula is C18H15N3O3S. The number of hydrogen-bond acceptors (Lipinski definition) is 5. The zero-order chi connectivity index (χ0) is 17.6. The zero-order valence-corrected chi connectivity index (χ0v) is 14.2. The molecule has 25 heavy (non-hydrogen) atoms. The van der Waals surface area contributed by atoms with Crippen LogP contribution >= 0.6 is 11.3 Å². The summed E-state index contributed by atoms with van der Waals surface area (Å²) in [5.74, 6) is -0.320. The molecule has 2 amide bonds. The number of thiazole rings is 1. The molecule has 7 heteroatoms. The van der Waals surface area contributed by atoms with Crippen molar-refractivity contribution < 1.29 is 14.0 Å². The van der Waals surface area contributed by atoms with Gasteiger partial charge in [0.1, 0.15) is 15.6 Å². The van der Waals surface area contributed by atoms with Crippen molar-refractivity contribution in [3.8, 4) is 10.6 Å². The van der Waals surface area contributed by atoms with Crippen molar-refractivity contribution >= 4 is 29.2 Å². The van der Waals surface area contributed by atoms with E-state index in [2.05, 4.69) is 15.8 Å². The highest BCUT2D eigenvalue weighted by Crippen LogP contribution is 2.27. The van der Waals surface area contributed by atoms with E-state index in [1.165, 1.54) is 29.8 Å². The highest BCUT2D eigenvalue weighted by atomic mass is 32.1. The summed E-state index contributed by atoms with van der Waals surface area (Å²) in [6, 6.07) is 13.0. The molecule has 0 aliphatic rings. The Bertz CT molecular complexity index is 899. The van der Waals surface area contributed by atoms with E-state index in [1.54, 1.807) is 19.1 Å². The first-order chi connectivity index (χ1) is 12.1. The number of nitrogens with one attached hydrogen (secondary N) is 2.